The van der Waals surface area contributed by atoms with E-state index in [9.17, 15) is 9.90 Å². The number of rotatable bonds is 6. The molecule has 0 aromatic heterocycles. The van der Waals surface area contributed by atoms with Crippen LogP contribution in [0.5, 0.6) is 5.75 Å². The van der Waals surface area contributed by atoms with Gasteiger partial charge in [-0.05, 0) is 50.4 Å². The zero-order valence-corrected chi connectivity index (χ0v) is 12.0. The van der Waals surface area contributed by atoms with Crippen molar-refractivity contribution in [2.24, 2.45) is 0 Å². The van der Waals surface area contributed by atoms with Crippen LogP contribution in [-0.2, 0) is 4.79 Å². The van der Waals surface area contributed by atoms with Gasteiger partial charge in [0.2, 0.25) is 0 Å². The van der Waals surface area contributed by atoms with Gasteiger partial charge in [0.05, 0.1) is 6.61 Å². The molecule has 0 radical (unpaired) electrons. The van der Waals surface area contributed by atoms with E-state index in [-0.39, 0.29) is 6.04 Å². The summed E-state index contributed by atoms with van der Waals surface area (Å²) in [6, 6.07) is 7.69. The van der Waals surface area contributed by atoms with E-state index < -0.39 is 5.97 Å². The maximum atomic E-state index is 11.2. The third kappa shape index (κ3) is 4.23. The van der Waals surface area contributed by atoms with Crippen LogP contribution in [0.15, 0.2) is 24.3 Å². The van der Waals surface area contributed by atoms with Crippen LogP contribution in [0.4, 0.5) is 0 Å². The molecule has 4 heteroatoms. The standard InChI is InChI=1S/C16H23NO3/c1-13-6-4-7-14(12-13)20-11-5-10-17-9-3-2-8-15(17)16(18)19/h4,6-7,12,15H,2-3,5,8-11H2,1H3,(H,18,19). The van der Waals surface area contributed by atoms with Gasteiger partial charge in [-0.2, -0.15) is 0 Å². The van der Waals surface area contributed by atoms with Gasteiger partial charge in [0, 0.05) is 6.54 Å². The van der Waals surface area contributed by atoms with Crippen molar-refractivity contribution in [2.45, 2.75) is 38.6 Å². The summed E-state index contributed by atoms with van der Waals surface area (Å²) < 4.78 is 5.70. The SMILES string of the molecule is Cc1cccc(OCCCN2CCCCC2C(=O)O)c1. The highest BCUT2D eigenvalue weighted by atomic mass is 16.5. The van der Waals surface area contributed by atoms with Crippen molar-refractivity contribution < 1.29 is 14.6 Å². The number of carbonyl (C=O) groups is 1. The molecule has 1 N–H and O–H groups in total. The molecule has 4 nitrogen and oxygen atoms in total. The van der Waals surface area contributed by atoms with Crippen LogP contribution in [0.1, 0.15) is 31.2 Å². The second kappa shape index (κ2) is 7.29. The molecule has 1 aromatic carbocycles. The number of hydrogen-bond acceptors (Lipinski definition) is 3. The lowest BCUT2D eigenvalue weighted by molar-refractivity contribution is -0.144. The van der Waals surface area contributed by atoms with E-state index in [2.05, 4.69) is 4.90 Å². The molecule has 0 aliphatic carbocycles. The molecule has 1 aliphatic heterocycles. The van der Waals surface area contributed by atoms with Crippen LogP contribution in [0, 0.1) is 6.92 Å². The zero-order valence-electron chi connectivity index (χ0n) is 12.0. The van der Waals surface area contributed by atoms with E-state index in [1.165, 1.54) is 5.56 Å². The van der Waals surface area contributed by atoms with E-state index in [0.29, 0.717) is 6.61 Å². The average molecular weight is 277 g/mol. The monoisotopic (exact) mass is 277 g/mol. The molecule has 1 heterocycles. The maximum Gasteiger partial charge on any atom is 0.320 e. The van der Waals surface area contributed by atoms with Gasteiger partial charge in [0.25, 0.3) is 0 Å². The fourth-order valence-corrected chi connectivity index (χ4v) is 2.70. The van der Waals surface area contributed by atoms with Crippen molar-refractivity contribution in [3.8, 4) is 5.75 Å². The number of ether oxygens (including phenoxy) is 1. The largest absolute Gasteiger partial charge is 0.494 e. The number of carboxylic acid groups (broad SMARTS) is 1. The van der Waals surface area contributed by atoms with Crippen LogP contribution >= 0.6 is 0 Å². The normalized spacial score (nSPS) is 19.8. The summed E-state index contributed by atoms with van der Waals surface area (Å²) in [7, 11) is 0. The molecule has 0 amide bonds. The highest BCUT2D eigenvalue weighted by Gasteiger charge is 2.27. The Hall–Kier alpha value is -1.55. The number of benzene rings is 1. The van der Waals surface area contributed by atoms with Gasteiger partial charge in [-0.1, -0.05) is 18.6 Å². The number of likely N-dealkylation sites (tertiary alicyclic amines) is 1. The quantitative estimate of drug-likeness (QED) is 0.812. The number of hydrogen-bond donors (Lipinski definition) is 1. The number of aryl methyl sites for hydroxylation is 1. The van der Waals surface area contributed by atoms with Crippen molar-refractivity contribution >= 4 is 5.97 Å². The summed E-state index contributed by atoms with van der Waals surface area (Å²) in [6.45, 7) is 4.36. The Labute approximate surface area is 120 Å². The van der Waals surface area contributed by atoms with Crippen molar-refractivity contribution in [1.29, 1.82) is 0 Å². The lowest BCUT2D eigenvalue weighted by Crippen LogP contribution is -2.45. The van der Waals surface area contributed by atoms with E-state index in [4.69, 9.17) is 4.74 Å². The predicted molar refractivity (Wildman–Crippen MR) is 78.1 cm³/mol. The highest BCUT2D eigenvalue weighted by molar-refractivity contribution is 5.73. The van der Waals surface area contributed by atoms with Gasteiger partial charge in [0.1, 0.15) is 11.8 Å². The minimum atomic E-state index is -0.690. The van der Waals surface area contributed by atoms with Gasteiger partial charge >= 0.3 is 5.97 Å². The Morgan fingerprint density at radius 3 is 3.05 bits per heavy atom. The van der Waals surface area contributed by atoms with Gasteiger partial charge in [-0.3, -0.25) is 9.69 Å². The van der Waals surface area contributed by atoms with E-state index in [0.717, 1.165) is 44.5 Å². The Morgan fingerprint density at radius 2 is 2.30 bits per heavy atom. The summed E-state index contributed by atoms with van der Waals surface area (Å²) in [5, 5.41) is 9.20. The summed E-state index contributed by atoms with van der Waals surface area (Å²) >= 11 is 0. The molecule has 1 aromatic rings. The molecule has 1 unspecified atom stereocenters. The molecule has 0 spiro atoms. The fraction of sp³-hybridized carbons (Fsp3) is 0.562. The smallest absolute Gasteiger partial charge is 0.320 e. The number of nitrogens with zero attached hydrogens (tertiary/aromatic N) is 1. The summed E-state index contributed by atoms with van der Waals surface area (Å²) in [4.78, 5) is 13.3. The van der Waals surface area contributed by atoms with Crippen molar-refractivity contribution in [1.82, 2.24) is 4.90 Å². The third-order valence-electron chi connectivity index (χ3n) is 3.75. The number of piperidine rings is 1. The Balaban J connectivity index is 1.73. The molecule has 110 valence electrons. The van der Waals surface area contributed by atoms with Crippen LogP contribution in [0.2, 0.25) is 0 Å². The first-order valence-electron chi connectivity index (χ1n) is 7.33. The molecular weight excluding hydrogens is 254 g/mol. The molecule has 0 saturated carbocycles. The fourth-order valence-electron chi connectivity index (χ4n) is 2.70. The van der Waals surface area contributed by atoms with Crippen LogP contribution in [0.25, 0.3) is 0 Å². The van der Waals surface area contributed by atoms with Gasteiger partial charge in [-0.25, -0.2) is 0 Å². The molecule has 20 heavy (non-hydrogen) atoms. The zero-order chi connectivity index (χ0) is 14.4. The molecule has 1 fully saturated rings. The summed E-state index contributed by atoms with van der Waals surface area (Å²) in [5.74, 6) is 0.197. The third-order valence-corrected chi connectivity index (χ3v) is 3.75. The minimum absolute atomic E-state index is 0.303. The van der Waals surface area contributed by atoms with Crippen LogP contribution in [-0.4, -0.2) is 41.7 Å². The van der Waals surface area contributed by atoms with Gasteiger partial charge in [-0.15, -0.1) is 0 Å². The van der Waals surface area contributed by atoms with Crippen molar-refractivity contribution in [2.75, 3.05) is 19.7 Å². The Morgan fingerprint density at radius 1 is 1.45 bits per heavy atom. The second-order valence-corrected chi connectivity index (χ2v) is 5.40. The van der Waals surface area contributed by atoms with Crippen LogP contribution in [0.3, 0.4) is 0 Å². The summed E-state index contributed by atoms with van der Waals surface area (Å²) in [6.07, 6.45) is 3.75. The Kier molecular flexibility index (Phi) is 5.41. The molecule has 1 saturated heterocycles. The topological polar surface area (TPSA) is 49.8 Å². The van der Waals surface area contributed by atoms with E-state index in [1.54, 1.807) is 0 Å². The van der Waals surface area contributed by atoms with Crippen molar-refractivity contribution in [3.05, 3.63) is 29.8 Å². The van der Waals surface area contributed by atoms with Gasteiger partial charge < -0.3 is 9.84 Å². The molecule has 2 rings (SSSR count). The number of carboxylic acids is 1. The first kappa shape index (κ1) is 14.9. The van der Waals surface area contributed by atoms with E-state index in [1.807, 2.05) is 31.2 Å². The van der Waals surface area contributed by atoms with Gasteiger partial charge in [0.15, 0.2) is 0 Å². The minimum Gasteiger partial charge on any atom is -0.494 e. The van der Waals surface area contributed by atoms with Crippen molar-refractivity contribution in [3.63, 3.8) is 0 Å². The Bertz CT molecular complexity index is 447. The van der Waals surface area contributed by atoms with E-state index >= 15 is 0 Å². The first-order chi connectivity index (χ1) is 9.66. The lowest BCUT2D eigenvalue weighted by Gasteiger charge is -2.32. The second-order valence-electron chi connectivity index (χ2n) is 5.40. The number of aliphatic carboxylic acids is 1. The lowest BCUT2D eigenvalue weighted by atomic mass is 10.0. The summed E-state index contributed by atoms with van der Waals surface area (Å²) in [5.41, 5.74) is 1.18. The first-order valence-corrected chi connectivity index (χ1v) is 7.33. The predicted octanol–water partition coefficient (Wildman–Crippen LogP) is 2.70. The molecular formula is C16H23NO3. The average Bonchev–Trinajstić information content (AvgIpc) is 2.44. The van der Waals surface area contributed by atoms with Crippen LogP contribution < -0.4 is 4.74 Å². The molecule has 1 atom stereocenters. The molecule has 0 bridgehead atoms. The molecule has 1 aliphatic rings. The highest BCUT2D eigenvalue weighted by Crippen LogP contribution is 2.18. The maximum absolute atomic E-state index is 11.2.